The lowest BCUT2D eigenvalue weighted by Crippen LogP contribution is -2.56. The Labute approximate surface area is 147 Å². The summed E-state index contributed by atoms with van der Waals surface area (Å²) in [5, 5.41) is 11.4. The Morgan fingerprint density at radius 2 is 1.79 bits per heavy atom. The zero-order chi connectivity index (χ0) is 17.2. The van der Waals surface area contributed by atoms with Gasteiger partial charge in [-0.25, -0.2) is 0 Å². The minimum Gasteiger partial charge on any atom is -0.389 e. The summed E-state index contributed by atoms with van der Waals surface area (Å²) in [6, 6.07) is 0. The van der Waals surface area contributed by atoms with E-state index < -0.39 is 5.60 Å². The molecule has 4 saturated carbocycles. The maximum Gasteiger partial charge on any atom is 0.133 e. The number of rotatable bonds is 2. The average Bonchev–Trinajstić information content (AvgIpc) is 2.80. The van der Waals surface area contributed by atoms with Crippen LogP contribution in [0.3, 0.4) is 0 Å². The van der Waals surface area contributed by atoms with Crippen molar-refractivity contribution < 1.29 is 9.90 Å². The molecule has 0 aromatic heterocycles. The van der Waals surface area contributed by atoms with Crippen molar-refractivity contribution in [1.29, 1.82) is 0 Å². The molecule has 1 N–H and O–H groups in total. The van der Waals surface area contributed by atoms with Crippen molar-refractivity contribution in [3.8, 4) is 0 Å². The molecule has 0 unspecified atom stereocenters. The summed E-state index contributed by atoms with van der Waals surface area (Å²) in [6.45, 7) is 7.14. The molecule has 7 atom stereocenters. The van der Waals surface area contributed by atoms with E-state index >= 15 is 0 Å². The van der Waals surface area contributed by atoms with Gasteiger partial charge in [-0.3, -0.25) is 4.79 Å². The monoisotopic (exact) mass is 332 g/mol. The van der Waals surface area contributed by atoms with E-state index in [1.807, 2.05) is 0 Å². The van der Waals surface area contributed by atoms with Crippen molar-refractivity contribution in [3.05, 3.63) is 0 Å². The van der Waals surface area contributed by atoms with Crippen LogP contribution in [0.5, 0.6) is 0 Å². The molecule has 0 aliphatic heterocycles. The zero-order valence-corrected chi connectivity index (χ0v) is 15.9. The predicted molar refractivity (Wildman–Crippen MR) is 96.6 cm³/mol. The highest BCUT2D eigenvalue weighted by atomic mass is 16.3. The van der Waals surface area contributed by atoms with Gasteiger partial charge in [0.05, 0.1) is 5.60 Å². The number of ketones is 1. The lowest BCUT2D eigenvalue weighted by Gasteiger charge is -2.61. The van der Waals surface area contributed by atoms with Crippen LogP contribution in [0.1, 0.15) is 91.4 Å². The number of hydrogen-bond acceptors (Lipinski definition) is 2. The molecule has 4 aliphatic rings. The molecular weight excluding hydrogens is 296 g/mol. The SMILES string of the molecule is CCC[C@]1(O)CC[C@H]2[C@H]3CC[C@H]4CC(=O)CC[C@]4(C)[C@H]3CC[C@@]21C. The second kappa shape index (κ2) is 5.56. The molecule has 0 spiro atoms. The molecule has 0 saturated heterocycles. The Morgan fingerprint density at radius 3 is 2.54 bits per heavy atom. The molecule has 2 nitrogen and oxygen atoms in total. The highest BCUT2D eigenvalue weighted by Gasteiger charge is 2.64. The van der Waals surface area contributed by atoms with Gasteiger partial charge in [0.2, 0.25) is 0 Å². The molecule has 136 valence electrons. The third-order valence-corrected chi connectivity index (χ3v) is 9.47. The van der Waals surface area contributed by atoms with Gasteiger partial charge in [0.25, 0.3) is 0 Å². The van der Waals surface area contributed by atoms with Crippen molar-refractivity contribution in [3.63, 3.8) is 0 Å². The second-order valence-electron chi connectivity index (χ2n) is 10.2. The summed E-state index contributed by atoms with van der Waals surface area (Å²) < 4.78 is 0. The molecule has 0 aromatic rings. The number of carbonyl (C=O) groups excluding carboxylic acids is 1. The van der Waals surface area contributed by atoms with E-state index in [2.05, 4.69) is 20.8 Å². The van der Waals surface area contributed by atoms with Gasteiger partial charge in [-0.15, -0.1) is 0 Å². The average molecular weight is 333 g/mol. The lowest BCUT2D eigenvalue weighted by atomic mass is 9.44. The summed E-state index contributed by atoms with van der Waals surface area (Å²) in [6.07, 6.45) is 12.2. The van der Waals surface area contributed by atoms with Crippen LogP contribution in [0.25, 0.3) is 0 Å². The van der Waals surface area contributed by atoms with Crippen LogP contribution in [0.15, 0.2) is 0 Å². The second-order valence-corrected chi connectivity index (χ2v) is 10.2. The predicted octanol–water partition coefficient (Wildman–Crippen LogP) is 5.13. The van der Waals surface area contributed by atoms with E-state index in [9.17, 15) is 9.90 Å². The number of Topliss-reactive ketones (excluding diaryl/α,β-unsaturated/α-hetero) is 1. The number of hydrogen-bond donors (Lipinski definition) is 1. The van der Waals surface area contributed by atoms with Crippen LogP contribution >= 0.6 is 0 Å². The standard InChI is InChI=1S/C22H36O2/c1-4-10-22(24)13-9-19-17-6-5-15-14-16(23)7-11-20(15,2)18(17)8-12-21(19,22)3/h15,17-19,24H,4-14H2,1-3H3/t15-,17-,18-,19-,20-,21-,22-/m0/s1. The van der Waals surface area contributed by atoms with Gasteiger partial charge in [-0.1, -0.05) is 27.2 Å². The van der Waals surface area contributed by atoms with E-state index in [1.54, 1.807) is 0 Å². The first-order valence-corrected chi connectivity index (χ1v) is 10.6. The minimum absolute atomic E-state index is 0.137. The van der Waals surface area contributed by atoms with Gasteiger partial charge >= 0.3 is 0 Å². The molecule has 0 bridgehead atoms. The molecule has 2 heteroatoms. The normalized spacial score (nSPS) is 54.1. The topological polar surface area (TPSA) is 37.3 Å². The highest BCUT2D eigenvalue weighted by Crippen LogP contribution is 2.68. The van der Waals surface area contributed by atoms with E-state index in [4.69, 9.17) is 0 Å². The molecule has 0 aromatic carbocycles. The summed E-state index contributed by atoms with van der Waals surface area (Å²) in [7, 11) is 0. The van der Waals surface area contributed by atoms with E-state index in [0.717, 1.165) is 50.4 Å². The van der Waals surface area contributed by atoms with Crippen LogP contribution in [0.4, 0.5) is 0 Å². The highest BCUT2D eigenvalue weighted by molar-refractivity contribution is 5.79. The molecule has 0 heterocycles. The Hall–Kier alpha value is -0.370. The van der Waals surface area contributed by atoms with Crippen molar-refractivity contribution in [2.45, 2.75) is 97.0 Å². The number of aliphatic hydroxyl groups is 1. The van der Waals surface area contributed by atoms with Crippen LogP contribution < -0.4 is 0 Å². The fourth-order valence-electron chi connectivity index (χ4n) is 7.98. The van der Waals surface area contributed by atoms with Gasteiger partial charge < -0.3 is 5.11 Å². The van der Waals surface area contributed by atoms with Gasteiger partial charge in [0, 0.05) is 12.8 Å². The fraction of sp³-hybridized carbons (Fsp3) is 0.955. The van der Waals surface area contributed by atoms with Crippen molar-refractivity contribution >= 4 is 5.78 Å². The number of fused-ring (bicyclic) bond motifs is 5. The maximum atomic E-state index is 12.0. The first kappa shape index (κ1) is 17.1. The molecule has 24 heavy (non-hydrogen) atoms. The van der Waals surface area contributed by atoms with Crippen LogP contribution in [-0.2, 0) is 4.79 Å². The smallest absolute Gasteiger partial charge is 0.133 e. The molecule has 4 aliphatic carbocycles. The van der Waals surface area contributed by atoms with Crippen molar-refractivity contribution in [1.82, 2.24) is 0 Å². The van der Waals surface area contributed by atoms with Crippen LogP contribution in [-0.4, -0.2) is 16.5 Å². The van der Waals surface area contributed by atoms with E-state index in [-0.39, 0.29) is 5.41 Å². The van der Waals surface area contributed by atoms with E-state index in [1.165, 1.54) is 32.1 Å². The fourth-order valence-corrected chi connectivity index (χ4v) is 7.98. The Balaban J connectivity index is 1.62. The van der Waals surface area contributed by atoms with Crippen LogP contribution in [0.2, 0.25) is 0 Å². The minimum atomic E-state index is -0.419. The van der Waals surface area contributed by atoms with Crippen molar-refractivity contribution in [2.24, 2.45) is 34.5 Å². The third kappa shape index (κ3) is 2.14. The summed E-state index contributed by atoms with van der Waals surface area (Å²) >= 11 is 0. The number of carbonyl (C=O) groups is 1. The Morgan fingerprint density at radius 1 is 1.04 bits per heavy atom. The molecule has 4 fully saturated rings. The first-order valence-electron chi connectivity index (χ1n) is 10.6. The molecular formula is C22H36O2. The molecule has 4 rings (SSSR count). The van der Waals surface area contributed by atoms with Crippen LogP contribution in [0, 0.1) is 34.5 Å². The Bertz CT molecular complexity index is 528. The summed E-state index contributed by atoms with van der Waals surface area (Å²) in [5.41, 5.74) is 0.110. The first-order chi connectivity index (χ1) is 11.3. The lowest BCUT2D eigenvalue weighted by molar-refractivity contribution is -0.158. The Kier molecular flexibility index (Phi) is 3.95. The molecule has 0 radical (unpaired) electrons. The van der Waals surface area contributed by atoms with Crippen molar-refractivity contribution in [2.75, 3.05) is 0 Å². The van der Waals surface area contributed by atoms with E-state index in [0.29, 0.717) is 23.0 Å². The van der Waals surface area contributed by atoms with Gasteiger partial charge in [-0.05, 0) is 85.9 Å². The van der Waals surface area contributed by atoms with Gasteiger partial charge in [0.15, 0.2) is 0 Å². The largest absolute Gasteiger partial charge is 0.389 e. The summed E-state index contributed by atoms with van der Waals surface area (Å²) in [4.78, 5) is 12.0. The maximum absolute atomic E-state index is 12.0. The van der Waals surface area contributed by atoms with Gasteiger partial charge in [0.1, 0.15) is 5.78 Å². The third-order valence-electron chi connectivity index (χ3n) is 9.47. The molecule has 0 amide bonds. The summed E-state index contributed by atoms with van der Waals surface area (Å²) in [5.74, 6) is 3.45. The van der Waals surface area contributed by atoms with Gasteiger partial charge in [-0.2, -0.15) is 0 Å². The zero-order valence-electron chi connectivity index (χ0n) is 15.9. The quantitative estimate of drug-likeness (QED) is 0.761.